The number of fused-ring (bicyclic) bond motifs is 1. The maximum Gasteiger partial charge on any atom is 0.237 e. The fourth-order valence-corrected chi connectivity index (χ4v) is 4.02. The van der Waals surface area contributed by atoms with Gasteiger partial charge in [-0.1, -0.05) is 6.07 Å². The van der Waals surface area contributed by atoms with E-state index in [-0.39, 0.29) is 18.3 Å². The van der Waals surface area contributed by atoms with Crippen LogP contribution in [0.25, 0.3) is 11.3 Å². The lowest BCUT2D eigenvalue weighted by Crippen LogP contribution is -2.53. The molecule has 0 saturated heterocycles. The van der Waals surface area contributed by atoms with E-state index in [2.05, 4.69) is 11.4 Å². The third-order valence-electron chi connectivity index (χ3n) is 5.58. The van der Waals surface area contributed by atoms with E-state index < -0.39 is 5.54 Å². The maximum atomic E-state index is 13.5. The highest BCUT2D eigenvalue weighted by Crippen LogP contribution is 2.39. The van der Waals surface area contributed by atoms with Crippen molar-refractivity contribution in [1.82, 2.24) is 14.5 Å². The quantitative estimate of drug-likeness (QED) is 0.677. The molecule has 1 aliphatic heterocycles. The topological polar surface area (TPSA) is 100.0 Å². The van der Waals surface area contributed by atoms with E-state index in [1.165, 1.54) is 12.1 Å². The number of aromatic nitrogens is 2. The van der Waals surface area contributed by atoms with Crippen molar-refractivity contribution in [3.05, 3.63) is 65.7 Å². The number of amides is 1. The van der Waals surface area contributed by atoms with Crippen LogP contribution in [0.2, 0.25) is 0 Å². The third kappa shape index (κ3) is 3.64. The summed E-state index contributed by atoms with van der Waals surface area (Å²) in [7, 11) is 0. The number of anilines is 2. The lowest BCUT2D eigenvalue weighted by molar-refractivity contribution is -0.137. The molecule has 158 valence electrons. The van der Waals surface area contributed by atoms with E-state index in [4.69, 9.17) is 10.7 Å². The Bertz CT molecular complexity index is 1180. The van der Waals surface area contributed by atoms with Crippen LogP contribution in [0, 0.1) is 17.1 Å². The summed E-state index contributed by atoms with van der Waals surface area (Å²) in [4.78, 5) is 19.1. The van der Waals surface area contributed by atoms with Crippen LogP contribution in [0.1, 0.15) is 25.2 Å². The first-order valence-electron chi connectivity index (χ1n) is 10.00. The molecule has 7 nitrogen and oxygen atoms in total. The Hall–Kier alpha value is -3.70. The number of hydrogen-bond acceptors (Lipinski definition) is 5. The summed E-state index contributed by atoms with van der Waals surface area (Å²) in [6.45, 7) is 4.82. The van der Waals surface area contributed by atoms with Gasteiger partial charge in [-0.25, -0.2) is 9.37 Å². The average molecular weight is 418 g/mol. The molecular formula is C23H23FN6O. The minimum absolute atomic E-state index is 0.0684. The van der Waals surface area contributed by atoms with Gasteiger partial charge < -0.3 is 20.5 Å². The van der Waals surface area contributed by atoms with Gasteiger partial charge in [-0.2, -0.15) is 5.26 Å². The monoisotopic (exact) mass is 418 g/mol. The second-order valence-electron chi connectivity index (χ2n) is 7.92. The van der Waals surface area contributed by atoms with E-state index in [1.807, 2.05) is 24.5 Å². The minimum atomic E-state index is -0.683. The van der Waals surface area contributed by atoms with Crippen LogP contribution in [-0.4, -0.2) is 33.4 Å². The standard InChI is InChI=1S/C23H23FN6O/c1-23(2)22-28-20(16-6-8-17(24)9-7-16)21(27-18-5-3-4-15(12-18)13-25)29(22)10-11-30(23)19(31)14-26/h3-9,12,27H,10-11,14,26H2,1-2H3. The number of nitrogens with zero attached hydrogens (tertiary/aromatic N) is 4. The van der Waals surface area contributed by atoms with Gasteiger partial charge in [0.15, 0.2) is 0 Å². The first-order chi connectivity index (χ1) is 14.8. The molecule has 0 fully saturated rings. The molecule has 2 heterocycles. The summed E-state index contributed by atoms with van der Waals surface area (Å²) in [5, 5.41) is 12.6. The minimum Gasteiger partial charge on any atom is -0.340 e. The SMILES string of the molecule is CC1(C)c2nc(-c3ccc(F)cc3)c(Nc3cccc(C#N)c3)n2CCN1C(=O)CN. The molecule has 3 N–H and O–H groups in total. The molecule has 2 aromatic carbocycles. The number of hydrogen-bond donors (Lipinski definition) is 2. The molecule has 1 aliphatic rings. The van der Waals surface area contributed by atoms with Gasteiger partial charge in [0.05, 0.1) is 23.7 Å². The normalized spacial score (nSPS) is 14.6. The average Bonchev–Trinajstić information content (AvgIpc) is 3.13. The molecule has 8 heteroatoms. The lowest BCUT2D eigenvalue weighted by atomic mass is 9.99. The van der Waals surface area contributed by atoms with Crippen LogP contribution in [-0.2, 0) is 16.9 Å². The van der Waals surface area contributed by atoms with Gasteiger partial charge in [-0.15, -0.1) is 0 Å². The Kier molecular flexibility index (Phi) is 5.21. The summed E-state index contributed by atoms with van der Waals surface area (Å²) in [6, 6.07) is 15.4. The predicted molar refractivity (Wildman–Crippen MR) is 116 cm³/mol. The van der Waals surface area contributed by atoms with Crippen molar-refractivity contribution in [2.75, 3.05) is 18.4 Å². The number of carbonyl (C=O) groups excluding carboxylic acids is 1. The highest BCUT2D eigenvalue weighted by molar-refractivity contribution is 5.80. The van der Waals surface area contributed by atoms with Crippen molar-refractivity contribution in [2.24, 2.45) is 5.73 Å². The van der Waals surface area contributed by atoms with Gasteiger partial charge >= 0.3 is 0 Å². The zero-order valence-corrected chi connectivity index (χ0v) is 17.4. The molecule has 0 atom stereocenters. The second kappa shape index (κ2) is 7.85. The summed E-state index contributed by atoms with van der Waals surface area (Å²) < 4.78 is 15.6. The summed E-state index contributed by atoms with van der Waals surface area (Å²) in [5.74, 6) is 0.964. The molecule has 4 rings (SSSR count). The summed E-state index contributed by atoms with van der Waals surface area (Å²) >= 11 is 0. The highest BCUT2D eigenvalue weighted by Gasteiger charge is 2.41. The van der Waals surface area contributed by atoms with Crippen molar-refractivity contribution in [3.63, 3.8) is 0 Å². The Morgan fingerprint density at radius 3 is 2.68 bits per heavy atom. The van der Waals surface area contributed by atoms with E-state index in [0.717, 1.165) is 17.1 Å². The van der Waals surface area contributed by atoms with Crippen molar-refractivity contribution in [3.8, 4) is 17.3 Å². The molecule has 0 bridgehead atoms. The number of nitrogens with two attached hydrogens (primary N) is 1. The fraction of sp³-hybridized carbons (Fsp3) is 0.261. The van der Waals surface area contributed by atoms with Crippen molar-refractivity contribution >= 4 is 17.4 Å². The Morgan fingerprint density at radius 1 is 1.26 bits per heavy atom. The largest absolute Gasteiger partial charge is 0.340 e. The first-order valence-corrected chi connectivity index (χ1v) is 10.00. The third-order valence-corrected chi connectivity index (χ3v) is 5.58. The van der Waals surface area contributed by atoms with Crippen molar-refractivity contribution in [1.29, 1.82) is 5.26 Å². The highest BCUT2D eigenvalue weighted by atomic mass is 19.1. The van der Waals surface area contributed by atoms with Crippen molar-refractivity contribution < 1.29 is 9.18 Å². The van der Waals surface area contributed by atoms with Gasteiger partial charge in [0.25, 0.3) is 0 Å². The molecule has 0 saturated carbocycles. The Labute approximate surface area is 179 Å². The number of halogens is 1. The first kappa shape index (κ1) is 20.6. The molecule has 31 heavy (non-hydrogen) atoms. The molecule has 0 aliphatic carbocycles. The number of imidazole rings is 1. The zero-order valence-electron chi connectivity index (χ0n) is 17.4. The maximum absolute atomic E-state index is 13.5. The van der Waals surface area contributed by atoms with E-state index in [1.54, 1.807) is 35.2 Å². The van der Waals surface area contributed by atoms with Crippen LogP contribution in [0.5, 0.6) is 0 Å². The van der Waals surface area contributed by atoms with Crippen LogP contribution in [0.3, 0.4) is 0 Å². The number of carbonyl (C=O) groups is 1. The van der Waals surface area contributed by atoms with Gasteiger partial charge in [-0.3, -0.25) is 4.79 Å². The number of nitrogens with one attached hydrogen (secondary N) is 1. The van der Waals surface area contributed by atoms with Gasteiger partial charge in [0, 0.05) is 24.3 Å². The molecular weight excluding hydrogens is 395 g/mol. The van der Waals surface area contributed by atoms with Gasteiger partial charge in [-0.05, 0) is 56.3 Å². The molecule has 1 amide bonds. The Balaban J connectivity index is 1.87. The molecule has 3 aromatic rings. The molecule has 0 spiro atoms. The van der Waals surface area contributed by atoms with Gasteiger partial charge in [0.2, 0.25) is 5.91 Å². The van der Waals surface area contributed by atoms with Crippen molar-refractivity contribution in [2.45, 2.75) is 25.9 Å². The van der Waals surface area contributed by atoms with Crippen LogP contribution >= 0.6 is 0 Å². The number of rotatable bonds is 4. The predicted octanol–water partition coefficient (Wildman–Crippen LogP) is 3.34. The summed E-state index contributed by atoms with van der Waals surface area (Å²) in [6.07, 6.45) is 0. The molecule has 0 radical (unpaired) electrons. The van der Waals surface area contributed by atoms with Crippen LogP contribution < -0.4 is 11.1 Å². The lowest BCUT2D eigenvalue weighted by Gasteiger charge is -2.42. The fourth-order valence-electron chi connectivity index (χ4n) is 4.02. The van der Waals surface area contributed by atoms with E-state index in [9.17, 15) is 14.4 Å². The van der Waals surface area contributed by atoms with Crippen LogP contribution in [0.15, 0.2) is 48.5 Å². The second-order valence-corrected chi connectivity index (χ2v) is 7.92. The zero-order chi connectivity index (χ0) is 22.2. The van der Waals surface area contributed by atoms with Crippen LogP contribution in [0.4, 0.5) is 15.9 Å². The number of benzene rings is 2. The smallest absolute Gasteiger partial charge is 0.237 e. The Morgan fingerprint density at radius 2 is 2.00 bits per heavy atom. The molecule has 0 unspecified atom stereocenters. The van der Waals surface area contributed by atoms with E-state index >= 15 is 0 Å². The van der Waals surface area contributed by atoms with E-state index in [0.29, 0.717) is 30.2 Å². The molecule has 1 aromatic heterocycles. The summed E-state index contributed by atoms with van der Waals surface area (Å²) in [5.41, 5.74) is 7.60. The van der Waals surface area contributed by atoms with Gasteiger partial charge in [0.1, 0.15) is 23.2 Å². The number of nitriles is 1.